The second kappa shape index (κ2) is 5.46. The lowest BCUT2D eigenvalue weighted by Crippen LogP contribution is -2.40. The molecule has 0 bridgehead atoms. The summed E-state index contributed by atoms with van der Waals surface area (Å²) < 4.78 is 3.64. The van der Waals surface area contributed by atoms with Crippen molar-refractivity contribution < 1.29 is 0 Å². The predicted octanol–water partition coefficient (Wildman–Crippen LogP) is 5.55. The first-order chi connectivity index (χ1) is 11.6. The number of fused-ring (bicyclic) bond motifs is 4. The van der Waals surface area contributed by atoms with Crippen LogP contribution in [0.1, 0.15) is 37.8 Å². The number of benzene rings is 1. The van der Waals surface area contributed by atoms with E-state index < -0.39 is 0 Å². The van der Waals surface area contributed by atoms with E-state index in [0.717, 1.165) is 25.3 Å². The van der Waals surface area contributed by atoms with Crippen molar-refractivity contribution in [3.63, 3.8) is 0 Å². The van der Waals surface area contributed by atoms with Crippen molar-refractivity contribution in [1.82, 2.24) is 9.47 Å². The lowest BCUT2D eigenvalue weighted by molar-refractivity contribution is 0.250. The molecule has 0 radical (unpaired) electrons. The van der Waals surface area contributed by atoms with E-state index in [1.54, 1.807) is 0 Å². The van der Waals surface area contributed by atoms with Gasteiger partial charge in [-0.2, -0.15) is 0 Å². The Balaban J connectivity index is 1.87. The number of aromatic nitrogens is 1. The standard InChI is InChI=1S/C19H19Br2N3/c1-11-5-6-15-16(7-11)24-17(8-22-9-18(24)21)13-4-2-3-12-14(20)10-23(15)19(12)13/h2-4,9-11,17-18H,5-8H2,1H3. The van der Waals surface area contributed by atoms with Gasteiger partial charge in [0.05, 0.1) is 18.1 Å². The van der Waals surface area contributed by atoms with Crippen LogP contribution in [0, 0.1) is 5.92 Å². The van der Waals surface area contributed by atoms with Crippen molar-refractivity contribution >= 4 is 54.7 Å². The molecule has 24 heavy (non-hydrogen) atoms. The maximum absolute atomic E-state index is 4.65. The molecule has 3 aliphatic rings. The monoisotopic (exact) mass is 447 g/mol. The maximum atomic E-state index is 4.65. The summed E-state index contributed by atoms with van der Waals surface area (Å²) >= 11 is 7.64. The Morgan fingerprint density at radius 2 is 2.12 bits per heavy atom. The smallest absolute Gasteiger partial charge is 0.120 e. The van der Waals surface area contributed by atoms with Crippen LogP contribution in [0.25, 0.3) is 16.6 Å². The first kappa shape index (κ1) is 15.2. The van der Waals surface area contributed by atoms with Crippen molar-refractivity contribution in [3.05, 3.63) is 40.1 Å². The summed E-state index contributed by atoms with van der Waals surface area (Å²) in [6, 6.07) is 6.99. The largest absolute Gasteiger partial charge is 0.347 e. The summed E-state index contributed by atoms with van der Waals surface area (Å²) in [5.41, 5.74) is 5.71. The minimum absolute atomic E-state index is 0.176. The Hall–Kier alpha value is -1.07. The van der Waals surface area contributed by atoms with E-state index >= 15 is 0 Å². The minimum Gasteiger partial charge on any atom is -0.347 e. The number of hydrogen-bond acceptors (Lipinski definition) is 2. The molecule has 3 nitrogen and oxygen atoms in total. The molecule has 0 saturated heterocycles. The first-order valence-electron chi connectivity index (χ1n) is 8.59. The minimum atomic E-state index is 0.176. The van der Waals surface area contributed by atoms with Crippen LogP contribution in [0.3, 0.4) is 0 Å². The molecule has 3 heterocycles. The van der Waals surface area contributed by atoms with Crippen LogP contribution < -0.4 is 0 Å². The fraction of sp³-hybridized carbons (Fsp3) is 0.421. The lowest BCUT2D eigenvalue weighted by atomic mass is 9.90. The number of para-hydroxylation sites is 1. The highest BCUT2D eigenvalue weighted by Gasteiger charge is 2.37. The highest BCUT2D eigenvalue weighted by molar-refractivity contribution is 9.10. The van der Waals surface area contributed by atoms with E-state index in [1.807, 2.05) is 0 Å². The van der Waals surface area contributed by atoms with Crippen LogP contribution >= 0.6 is 31.9 Å². The van der Waals surface area contributed by atoms with Gasteiger partial charge in [0, 0.05) is 39.2 Å². The molecule has 2 aliphatic heterocycles. The van der Waals surface area contributed by atoms with Crippen LogP contribution in [-0.2, 0) is 0 Å². The molecule has 0 fully saturated rings. The van der Waals surface area contributed by atoms with Crippen molar-refractivity contribution in [2.75, 3.05) is 6.54 Å². The van der Waals surface area contributed by atoms with Crippen molar-refractivity contribution in [3.8, 4) is 0 Å². The van der Waals surface area contributed by atoms with Gasteiger partial charge in [0.2, 0.25) is 0 Å². The van der Waals surface area contributed by atoms with Crippen LogP contribution in [0.5, 0.6) is 0 Å². The molecular formula is C19H19Br2N3. The van der Waals surface area contributed by atoms with E-state index in [4.69, 9.17) is 0 Å². The Labute approximate surface area is 158 Å². The Morgan fingerprint density at radius 3 is 3.00 bits per heavy atom. The average Bonchev–Trinajstić information content (AvgIpc) is 2.86. The van der Waals surface area contributed by atoms with Crippen molar-refractivity contribution in [2.24, 2.45) is 10.9 Å². The molecule has 0 spiro atoms. The van der Waals surface area contributed by atoms with Gasteiger partial charge in [-0.05, 0) is 41.1 Å². The topological polar surface area (TPSA) is 20.5 Å². The van der Waals surface area contributed by atoms with Crippen LogP contribution in [-0.4, -0.2) is 27.2 Å². The zero-order chi connectivity index (χ0) is 16.4. The third-order valence-corrected chi connectivity index (χ3v) is 6.94. The molecule has 3 atom stereocenters. The SMILES string of the molecule is CC1CCC2=C(C1)N1C(Br)C=NCC1c1cccc3c(Br)cn2c13. The lowest BCUT2D eigenvalue weighted by Gasteiger charge is -2.41. The van der Waals surface area contributed by atoms with Gasteiger partial charge in [-0.15, -0.1) is 0 Å². The molecule has 0 amide bonds. The molecule has 0 saturated carbocycles. The molecule has 0 N–H and O–H groups in total. The normalized spacial score (nSPS) is 28.8. The molecule has 124 valence electrons. The second-order valence-corrected chi connectivity index (χ2v) is 8.93. The van der Waals surface area contributed by atoms with Crippen molar-refractivity contribution in [2.45, 2.75) is 37.2 Å². The average molecular weight is 449 g/mol. The number of rotatable bonds is 0. The predicted molar refractivity (Wildman–Crippen MR) is 107 cm³/mol. The molecule has 5 heteroatoms. The molecule has 2 aromatic rings. The Morgan fingerprint density at radius 1 is 1.25 bits per heavy atom. The molecule has 1 aliphatic carbocycles. The summed E-state index contributed by atoms with van der Waals surface area (Å²) in [6.45, 7) is 3.20. The molecular weight excluding hydrogens is 430 g/mol. The molecule has 3 unspecified atom stereocenters. The highest BCUT2D eigenvalue weighted by Crippen LogP contribution is 2.47. The van der Waals surface area contributed by atoms with Gasteiger partial charge >= 0.3 is 0 Å². The van der Waals surface area contributed by atoms with Crippen molar-refractivity contribution in [1.29, 1.82) is 0 Å². The number of hydrogen-bond donors (Lipinski definition) is 0. The quantitative estimate of drug-likeness (QED) is 0.382. The number of halogens is 2. The van der Waals surface area contributed by atoms with Crippen LogP contribution in [0.4, 0.5) is 0 Å². The zero-order valence-electron chi connectivity index (χ0n) is 13.5. The number of allylic oxidation sites excluding steroid dienone is 2. The summed E-state index contributed by atoms with van der Waals surface area (Å²) in [6.07, 6.45) is 7.87. The van der Waals surface area contributed by atoms with Gasteiger partial charge in [-0.3, -0.25) is 4.99 Å². The third kappa shape index (κ3) is 2.03. The second-order valence-electron chi connectivity index (χ2n) is 7.14. The van der Waals surface area contributed by atoms with Gasteiger partial charge in [-0.1, -0.05) is 41.1 Å². The van der Waals surface area contributed by atoms with E-state index in [1.165, 1.54) is 38.8 Å². The van der Waals surface area contributed by atoms with E-state index in [0.29, 0.717) is 6.04 Å². The number of aliphatic imine (C=N–C) groups is 1. The van der Waals surface area contributed by atoms with Gasteiger partial charge in [-0.25, -0.2) is 0 Å². The van der Waals surface area contributed by atoms with Gasteiger partial charge < -0.3 is 9.47 Å². The molecule has 1 aromatic heterocycles. The third-order valence-electron chi connectivity index (χ3n) is 5.63. The number of nitrogens with zero attached hydrogens (tertiary/aromatic N) is 3. The molecule has 1 aromatic carbocycles. The summed E-state index contributed by atoms with van der Waals surface area (Å²) in [4.78, 5) is 7.40. The summed E-state index contributed by atoms with van der Waals surface area (Å²) in [5, 5.41) is 1.31. The van der Waals surface area contributed by atoms with Crippen LogP contribution in [0.2, 0.25) is 0 Å². The van der Waals surface area contributed by atoms with Gasteiger partial charge in [0.1, 0.15) is 4.95 Å². The highest BCUT2D eigenvalue weighted by atomic mass is 79.9. The van der Waals surface area contributed by atoms with E-state index in [2.05, 4.69) is 83.9 Å². The summed E-state index contributed by atoms with van der Waals surface area (Å²) in [7, 11) is 0. The van der Waals surface area contributed by atoms with Gasteiger partial charge in [0.25, 0.3) is 0 Å². The zero-order valence-corrected chi connectivity index (χ0v) is 16.7. The first-order valence-corrected chi connectivity index (χ1v) is 10.3. The fourth-order valence-electron chi connectivity index (χ4n) is 4.51. The Bertz CT molecular complexity index is 895. The van der Waals surface area contributed by atoms with Crippen LogP contribution in [0.15, 0.2) is 39.6 Å². The van der Waals surface area contributed by atoms with E-state index in [-0.39, 0.29) is 4.95 Å². The Kier molecular flexibility index (Phi) is 3.46. The molecule has 5 rings (SSSR count). The fourth-order valence-corrected chi connectivity index (χ4v) is 5.73. The maximum Gasteiger partial charge on any atom is 0.120 e. The summed E-state index contributed by atoms with van der Waals surface area (Å²) in [5.74, 6) is 0.735. The van der Waals surface area contributed by atoms with E-state index in [9.17, 15) is 0 Å². The van der Waals surface area contributed by atoms with Gasteiger partial charge in [0.15, 0.2) is 0 Å². The number of alkyl halides is 1.